The molecule has 0 aliphatic carbocycles. The lowest BCUT2D eigenvalue weighted by Gasteiger charge is -2.33. The van der Waals surface area contributed by atoms with E-state index < -0.39 is 0 Å². The van der Waals surface area contributed by atoms with Crippen molar-refractivity contribution in [1.29, 1.82) is 0 Å². The number of ether oxygens (including phenoxy) is 2. The number of hydrogen-bond donors (Lipinski definition) is 1. The van der Waals surface area contributed by atoms with Gasteiger partial charge in [0, 0.05) is 25.7 Å². The average Bonchev–Trinajstić information content (AvgIpc) is 2.46. The highest BCUT2D eigenvalue weighted by Crippen LogP contribution is 2.17. The van der Waals surface area contributed by atoms with Crippen LogP contribution in [0.3, 0.4) is 0 Å². The summed E-state index contributed by atoms with van der Waals surface area (Å²) in [7, 11) is 1.62. The Morgan fingerprint density at radius 2 is 2.00 bits per heavy atom. The molecule has 20 heavy (non-hydrogen) atoms. The maximum atomic E-state index is 12.1. The van der Waals surface area contributed by atoms with E-state index in [4.69, 9.17) is 9.47 Å². The number of hydrogen-bond acceptors (Lipinski definition) is 4. The smallest absolute Gasteiger partial charge is 0.260 e. The van der Waals surface area contributed by atoms with Gasteiger partial charge >= 0.3 is 0 Å². The summed E-state index contributed by atoms with van der Waals surface area (Å²) in [5.74, 6) is 1.48. The normalized spacial score (nSPS) is 18.1. The lowest BCUT2D eigenvalue weighted by atomic mass is 10.2. The van der Waals surface area contributed by atoms with E-state index in [9.17, 15) is 4.79 Å². The fraction of sp³-hybridized carbons (Fsp3) is 0.500. The van der Waals surface area contributed by atoms with Gasteiger partial charge in [-0.25, -0.2) is 0 Å². The Morgan fingerprint density at radius 3 is 2.60 bits per heavy atom. The van der Waals surface area contributed by atoms with Crippen LogP contribution in [0.15, 0.2) is 24.3 Å². The van der Waals surface area contributed by atoms with Gasteiger partial charge in [-0.15, -0.1) is 12.4 Å². The molecule has 2 rings (SSSR count). The molecule has 1 amide bonds. The van der Waals surface area contributed by atoms with Gasteiger partial charge in [0.15, 0.2) is 6.61 Å². The van der Waals surface area contributed by atoms with Gasteiger partial charge in [-0.1, -0.05) is 0 Å². The minimum absolute atomic E-state index is 0. The van der Waals surface area contributed by atoms with Gasteiger partial charge in [-0.05, 0) is 31.2 Å². The van der Waals surface area contributed by atoms with Gasteiger partial charge < -0.3 is 19.7 Å². The van der Waals surface area contributed by atoms with Crippen molar-refractivity contribution in [2.45, 2.75) is 13.0 Å². The number of piperazine rings is 1. The first kappa shape index (κ1) is 16.6. The van der Waals surface area contributed by atoms with E-state index in [0.29, 0.717) is 5.75 Å². The van der Waals surface area contributed by atoms with Gasteiger partial charge in [-0.3, -0.25) is 4.79 Å². The van der Waals surface area contributed by atoms with E-state index in [-0.39, 0.29) is 31.0 Å². The van der Waals surface area contributed by atoms with E-state index in [1.54, 1.807) is 19.2 Å². The number of nitrogens with zero attached hydrogens (tertiary/aromatic N) is 1. The zero-order chi connectivity index (χ0) is 13.7. The average molecular weight is 301 g/mol. The number of rotatable bonds is 4. The molecular formula is C14H21ClN2O3. The molecule has 1 aliphatic heterocycles. The summed E-state index contributed by atoms with van der Waals surface area (Å²) >= 11 is 0. The van der Waals surface area contributed by atoms with Crippen LogP contribution in [0.5, 0.6) is 11.5 Å². The molecule has 1 N–H and O–H groups in total. The second-order valence-corrected chi connectivity index (χ2v) is 4.60. The summed E-state index contributed by atoms with van der Waals surface area (Å²) in [5, 5.41) is 3.26. The molecule has 112 valence electrons. The van der Waals surface area contributed by atoms with Crippen molar-refractivity contribution in [3.05, 3.63) is 24.3 Å². The van der Waals surface area contributed by atoms with Crippen LogP contribution in [-0.2, 0) is 4.79 Å². The Morgan fingerprint density at radius 1 is 1.35 bits per heavy atom. The second kappa shape index (κ2) is 7.97. The molecule has 1 aromatic carbocycles. The van der Waals surface area contributed by atoms with E-state index in [0.717, 1.165) is 25.4 Å². The molecule has 0 aromatic heterocycles. The first-order valence-electron chi connectivity index (χ1n) is 6.47. The van der Waals surface area contributed by atoms with Crippen molar-refractivity contribution in [1.82, 2.24) is 10.2 Å². The molecule has 1 heterocycles. The standard InChI is InChI=1S/C14H20N2O3.ClH/c1-11-9-15-7-8-16(11)14(17)10-19-13-5-3-12(18-2)4-6-13;/h3-6,11,15H,7-10H2,1-2H3;1H/t11-;/m0./s1. The van der Waals surface area contributed by atoms with Gasteiger partial charge in [0.05, 0.1) is 7.11 Å². The predicted octanol–water partition coefficient (Wildman–Crippen LogP) is 1.32. The van der Waals surface area contributed by atoms with Gasteiger partial charge in [-0.2, -0.15) is 0 Å². The van der Waals surface area contributed by atoms with Crippen molar-refractivity contribution >= 4 is 18.3 Å². The number of carbonyl (C=O) groups excluding carboxylic acids is 1. The summed E-state index contributed by atoms with van der Waals surface area (Å²) in [4.78, 5) is 13.9. The molecule has 1 saturated heterocycles. The topological polar surface area (TPSA) is 50.8 Å². The molecule has 1 aliphatic rings. The van der Waals surface area contributed by atoms with Crippen molar-refractivity contribution in [2.75, 3.05) is 33.4 Å². The van der Waals surface area contributed by atoms with Crippen molar-refractivity contribution in [3.8, 4) is 11.5 Å². The largest absolute Gasteiger partial charge is 0.497 e. The van der Waals surface area contributed by atoms with Gasteiger partial charge in [0.25, 0.3) is 5.91 Å². The summed E-state index contributed by atoms with van der Waals surface area (Å²) < 4.78 is 10.6. The summed E-state index contributed by atoms with van der Waals surface area (Å²) in [6.45, 7) is 4.55. The number of halogens is 1. The molecule has 1 aromatic rings. The Labute approximate surface area is 125 Å². The van der Waals surface area contributed by atoms with E-state index >= 15 is 0 Å². The minimum Gasteiger partial charge on any atom is -0.497 e. The summed E-state index contributed by atoms with van der Waals surface area (Å²) in [5.41, 5.74) is 0. The van der Waals surface area contributed by atoms with Crippen molar-refractivity contribution in [2.24, 2.45) is 0 Å². The third-order valence-electron chi connectivity index (χ3n) is 3.24. The molecule has 0 bridgehead atoms. The molecule has 0 radical (unpaired) electrons. The lowest BCUT2D eigenvalue weighted by Crippen LogP contribution is -2.53. The second-order valence-electron chi connectivity index (χ2n) is 4.60. The van der Waals surface area contributed by atoms with Crippen LogP contribution < -0.4 is 14.8 Å². The summed E-state index contributed by atoms with van der Waals surface area (Å²) in [6.07, 6.45) is 0. The monoisotopic (exact) mass is 300 g/mol. The van der Waals surface area contributed by atoms with Gasteiger partial charge in [0.1, 0.15) is 11.5 Å². The van der Waals surface area contributed by atoms with Crippen LogP contribution in [-0.4, -0.2) is 50.2 Å². The van der Waals surface area contributed by atoms with Crippen molar-refractivity contribution < 1.29 is 14.3 Å². The fourth-order valence-electron chi connectivity index (χ4n) is 2.11. The molecule has 6 heteroatoms. The maximum Gasteiger partial charge on any atom is 0.260 e. The number of carbonyl (C=O) groups is 1. The SMILES string of the molecule is COc1ccc(OCC(=O)N2CCNC[C@@H]2C)cc1.Cl. The number of benzene rings is 1. The Bertz CT molecular complexity index is 425. The number of methoxy groups -OCH3 is 1. The van der Waals surface area contributed by atoms with Gasteiger partial charge in [0.2, 0.25) is 0 Å². The first-order chi connectivity index (χ1) is 9.20. The molecule has 0 saturated carbocycles. The fourth-order valence-corrected chi connectivity index (χ4v) is 2.11. The number of amides is 1. The van der Waals surface area contributed by atoms with Crippen LogP contribution in [0.2, 0.25) is 0 Å². The zero-order valence-corrected chi connectivity index (χ0v) is 12.6. The van der Waals surface area contributed by atoms with E-state index in [1.165, 1.54) is 0 Å². The van der Waals surface area contributed by atoms with Crippen LogP contribution >= 0.6 is 12.4 Å². The third-order valence-corrected chi connectivity index (χ3v) is 3.24. The predicted molar refractivity (Wildman–Crippen MR) is 79.8 cm³/mol. The van der Waals surface area contributed by atoms with Crippen LogP contribution in [0.1, 0.15) is 6.92 Å². The highest BCUT2D eigenvalue weighted by molar-refractivity contribution is 5.85. The minimum atomic E-state index is 0. The quantitative estimate of drug-likeness (QED) is 0.911. The van der Waals surface area contributed by atoms with Crippen molar-refractivity contribution in [3.63, 3.8) is 0 Å². The molecule has 0 unspecified atom stereocenters. The molecule has 0 spiro atoms. The highest BCUT2D eigenvalue weighted by atomic mass is 35.5. The Hall–Kier alpha value is -1.46. The molecule has 1 fully saturated rings. The lowest BCUT2D eigenvalue weighted by molar-refractivity contribution is -0.136. The van der Waals surface area contributed by atoms with Crippen LogP contribution in [0.4, 0.5) is 0 Å². The molecule has 1 atom stereocenters. The first-order valence-corrected chi connectivity index (χ1v) is 6.47. The Balaban J connectivity index is 0.00000200. The van der Waals surface area contributed by atoms with Crippen LogP contribution in [0.25, 0.3) is 0 Å². The Kier molecular flexibility index (Phi) is 6.61. The van der Waals surface area contributed by atoms with E-state index in [1.807, 2.05) is 24.0 Å². The third kappa shape index (κ3) is 4.28. The van der Waals surface area contributed by atoms with E-state index in [2.05, 4.69) is 5.32 Å². The summed E-state index contributed by atoms with van der Waals surface area (Å²) in [6, 6.07) is 7.45. The van der Waals surface area contributed by atoms with Crippen LogP contribution in [0, 0.1) is 0 Å². The number of nitrogens with one attached hydrogen (secondary N) is 1. The highest BCUT2D eigenvalue weighted by Gasteiger charge is 2.22. The zero-order valence-electron chi connectivity index (χ0n) is 11.8. The molecule has 5 nitrogen and oxygen atoms in total. The maximum absolute atomic E-state index is 12.1. The molecular weight excluding hydrogens is 280 g/mol.